The molecule has 3 aliphatic carbocycles. The molecule has 11 nitrogen and oxygen atoms in total. The lowest BCUT2D eigenvalue weighted by Crippen LogP contribution is -2.47. The van der Waals surface area contributed by atoms with Crippen molar-refractivity contribution in [2.75, 3.05) is 57.7 Å². The molecule has 13 heteroatoms. The Bertz CT molecular complexity index is 2260. The molecule has 310 valence electrons. The largest absolute Gasteiger partial charge is 0.490 e. The number of hydrogen-bond donors (Lipinski definition) is 1. The maximum absolute atomic E-state index is 14.9. The van der Waals surface area contributed by atoms with Crippen LogP contribution in [-0.4, -0.2) is 90.5 Å². The van der Waals surface area contributed by atoms with Crippen LogP contribution < -0.4 is 14.4 Å². The van der Waals surface area contributed by atoms with Crippen molar-refractivity contribution in [1.82, 2.24) is 14.2 Å². The van der Waals surface area contributed by atoms with Gasteiger partial charge in [-0.25, -0.2) is 4.21 Å². The molecule has 3 aromatic rings. The number of anilines is 1. The number of benzene rings is 2. The minimum atomic E-state index is -3.56. The number of rotatable bonds is 6. The van der Waals surface area contributed by atoms with Gasteiger partial charge < -0.3 is 23.7 Å². The SMILES string of the molecule is CO[C@H]1/C=C/C[C@H](C)CS(=O)(NC(=O)c2cc(CN(C)C3CCOCC3)n(C)c2)=NC(=O)c2ccc3c(c2)N(C[C@@]2(CCCc4cc(Cl)ccc42)CO3)C[C@@]23CC2[C@@H]13. The normalized spacial score (nSPS) is 32.6. The molecule has 2 unspecified atom stereocenters. The van der Waals surface area contributed by atoms with Crippen molar-refractivity contribution in [1.29, 1.82) is 0 Å². The number of carbonyl (C=O) groups excluding carboxylic acids is 2. The van der Waals surface area contributed by atoms with Gasteiger partial charge in [-0.2, -0.15) is 0 Å². The first-order valence-electron chi connectivity index (χ1n) is 20.9. The third-order valence-corrected chi connectivity index (χ3v) is 16.2. The number of hydrogen-bond acceptors (Lipinski definition) is 8. The molecule has 2 aromatic carbocycles. The highest BCUT2D eigenvalue weighted by Crippen LogP contribution is 2.81. The second kappa shape index (κ2) is 15.4. The zero-order valence-electron chi connectivity index (χ0n) is 34.1. The summed E-state index contributed by atoms with van der Waals surface area (Å²) >= 11 is 6.50. The van der Waals surface area contributed by atoms with Crippen molar-refractivity contribution in [2.24, 2.45) is 34.6 Å². The highest BCUT2D eigenvalue weighted by Gasteiger charge is 2.80. The third-order valence-electron chi connectivity index (χ3n) is 14.0. The van der Waals surface area contributed by atoms with E-state index in [-0.39, 0.29) is 28.6 Å². The van der Waals surface area contributed by atoms with Gasteiger partial charge in [0.25, 0.3) is 11.8 Å². The fourth-order valence-electron chi connectivity index (χ4n) is 10.6. The van der Waals surface area contributed by atoms with E-state index >= 15 is 0 Å². The molecule has 7 atom stereocenters. The van der Waals surface area contributed by atoms with Gasteiger partial charge in [-0.3, -0.25) is 19.2 Å². The molecular weight excluding hydrogens is 774 g/mol. The minimum absolute atomic E-state index is 0.0146. The van der Waals surface area contributed by atoms with Crippen LogP contribution in [0.5, 0.6) is 5.75 Å². The van der Waals surface area contributed by atoms with Crippen LogP contribution >= 0.6 is 11.6 Å². The van der Waals surface area contributed by atoms with Crippen LogP contribution in [0.25, 0.3) is 0 Å². The van der Waals surface area contributed by atoms with Crippen molar-refractivity contribution in [2.45, 2.75) is 76.0 Å². The number of nitrogens with one attached hydrogen (secondary N) is 1. The Morgan fingerprint density at radius 3 is 2.78 bits per heavy atom. The lowest BCUT2D eigenvalue weighted by atomic mass is 9.70. The number of aryl methyl sites for hydroxylation is 2. The number of amides is 2. The van der Waals surface area contributed by atoms with Gasteiger partial charge in [0.1, 0.15) is 15.7 Å². The average Bonchev–Trinajstić information content (AvgIpc) is 4.04. The number of aromatic nitrogens is 1. The number of halogens is 1. The first kappa shape index (κ1) is 39.8. The Labute approximate surface area is 347 Å². The standard InChI is InChI=1S/C45H56ClN5O6S/c1-29-7-5-9-40(55-4)41-37-22-45(37,41)27-51-26-44(16-6-8-30-19-33(46)11-12-36(30)44)28-57-39-13-10-31(21-38(39)51)42(52)47-58(54,25-29)48-43(53)32-20-35(49(2)23-32)24-50(3)34-14-17-56-18-15-34/h5,9-13,19-21,23,29,34,37,40-41H,6-8,14-18,22,24-28H2,1-4H3,(H,47,48,52,53,54)/b9-5+/t29-,37?,40-,41-,44-,45-,58?/m0/s1. The lowest BCUT2D eigenvalue weighted by molar-refractivity contribution is 0.0401. The zero-order valence-corrected chi connectivity index (χ0v) is 35.7. The van der Waals surface area contributed by atoms with Gasteiger partial charge >= 0.3 is 0 Å². The van der Waals surface area contributed by atoms with Gasteiger partial charge in [0.05, 0.1) is 29.7 Å². The van der Waals surface area contributed by atoms with Crippen molar-refractivity contribution in [3.05, 3.63) is 93.8 Å². The van der Waals surface area contributed by atoms with Gasteiger partial charge in [0.15, 0.2) is 0 Å². The second-order valence-electron chi connectivity index (χ2n) is 18.0. The number of carbonyl (C=O) groups is 2. The molecule has 2 amide bonds. The predicted molar refractivity (Wildman–Crippen MR) is 226 cm³/mol. The van der Waals surface area contributed by atoms with E-state index in [2.05, 4.69) is 50.2 Å². The molecule has 1 aromatic heterocycles. The predicted octanol–water partition coefficient (Wildman–Crippen LogP) is 6.96. The number of fused-ring (bicyclic) bond motifs is 4. The summed E-state index contributed by atoms with van der Waals surface area (Å²) in [6.45, 7) is 6.19. The second-order valence-corrected chi connectivity index (χ2v) is 20.5. The van der Waals surface area contributed by atoms with Gasteiger partial charge in [0, 0.05) is 80.9 Å². The molecular formula is C45H56ClN5O6S. The molecule has 1 N–H and O–H groups in total. The van der Waals surface area contributed by atoms with Crippen LogP contribution in [0.1, 0.15) is 83.0 Å². The first-order valence-corrected chi connectivity index (χ1v) is 23.0. The molecule has 2 spiro atoms. The molecule has 3 aliphatic heterocycles. The Kier molecular flexibility index (Phi) is 10.6. The summed E-state index contributed by atoms with van der Waals surface area (Å²) in [4.78, 5) is 32.9. The topological polar surface area (TPSA) is 115 Å². The smallest absolute Gasteiger partial charge is 0.286 e. The number of nitrogens with zero attached hydrogens (tertiary/aromatic N) is 4. The van der Waals surface area contributed by atoms with Crippen LogP contribution in [0.4, 0.5) is 5.69 Å². The number of methoxy groups -OCH3 is 1. The van der Waals surface area contributed by atoms with E-state index in [1.807, 2.05) is 42.8 Å². The maximum Gasteiger partial charge on any atom is 0.286 e. The average molecular weight is 830 g/mol. The van der Waals surface area contributed by atoms with Crippen LogP contribution in [0, 0.1) is 23.2 Å². The lowest BCUT2D eigenvalue weighted by Gasteiger charge is -2.41. The highest BCUT2D eigenvalue weighted by atomic mass is 35.5. The fraction of sp³-hybridized carbons (Fsp3) is 0.556. The molecule has 58 heavy (non-hydrogen) atoms. The van der Waals surface area contributed by atoms with Crippen molar-refractivity contribution < 1.29 is 28.0 Å². The van der Waals surface area contributed by atoms with Crippen molar-refractivity contribution >= 4 is 39.0 Å². The molecule has 6 aliphatic rings. The Balaban J connectivity index is 1.05. The van der Waals surface area contributed by atoms with E-state index < -0.39 is 21.7 Å². The summed E-state index contributed by atoms with van der Waals surface area (Å²) in [6.07, 6.45) is 12.7. The monoisotopic (exact) mass is 829 g/mol. The van der Waals surface area contributed by atoms with E-state index in [1.165, 1.54) is 11.1 Å². The Morgan fingerprint density at radius 1 is 1.16 bits per heavy atom. The van der Waals surface area contributed by atoms with E-state index in [4.69, 9.17) is 25.8 Å². The molecule has 2 saturated carbocycles. The van der Waals surface area contributed by atoms with Gasteiger partial charge in [0.2, 0.25) is 0 Å². The molecule has 1 saturated heterocycles. The summed E-state index contributed by atoms with van der Waals surface area (Å²) in [6, 6.07) is 13.9. The van der Waals surface area contributed by atoms with Gasteiger partial charge in [-0.1, -0.05) is 36.7 Å². The third kappa shape index (κ3) is 7.53. The van der Waals surface area contributed by atoms with Crippen LogP contribution in [0.2, 0.25) is 5.02 Å². The quantitative estimate of drug-likeness (QED) is 0.266. The van der Waals surface area contributed by atoms with Gasteiger partial charge in [-0.05, 0) is 123 Å². The van der Waals surface area contributed by atoms with Crippen LogP contribution in [-0.2, 0) is 44.8 Å². The summed E-state index contributed by atoms with van der Waals surface area (Å²) in [7, 11) is 2.23. The fourth-order valence-corrected chi connectivity index (χ4v) is 12.7. The Morgan fingerprint density at radius 2 is 1.98 bits per heavy atom. The van der Waals surface area contributed by atoms with E-state index in [0.29, 0.717) is 48.6 Å². The number of ether oxygens (including phenoxy) is 3. The molecule has 2 bridgehead atoms. The molecule has 9 rings (SSSR count). The molecule has 3 fully saturated rings. The van der Waals surface area contributed by atoms with E-state index in [0.717, 1.165) is 87.0 Å². The molecule has 0 radical (unpaired) electrons. The summed E-state index contributed by atoms with van der Waals surface area (Å²) in [5, 5.41) is 0.745. The summed E-state index contributed by atoms with van der Waals surface area (Å²) in [5.41, 5.74) is 4.92. The van der Waals surface area contributed by atoms with E-state index in [1.54, 1.807) is 19.4 Å². The van der Waals surface area contributed by atoms with Gasteiger partial charge in [-0.15, -0.1) is 4.36 Å². The minimum Gasteiger partial charge on any atom is -0.490 e. The maximum atomic E-state index is 14.9. The summed E-state index contributed by atoms with van der Waals surface area (Å²) < 4.78 is 42.3. The summed E-state index contributed by atoms with van der Waals surface area (Å²) in [5.74, 6) is 0.411. The van der Waals surface area contributed by atoms with Crippen molar-refractivity contribution in [3.63, 3.8) is 0 Å². The Hall–Kier alpha value is -3.68. The number of allylic oxidation sites excluding steroid dienone is 1. The van der Waals surface area contributed by atoms with Crippen LogP contribution in [0.15, 0.2) is 65.2 Å². The molecule has 4 heterocycles. The first-order chi connectivity index (χ1) is 27.9. The van der Waals surface area contributed by atoms with Crippen LogP contribution in [0.3, 0.4) is 0 Å². The van der Waals surface area contributed by atoms with Crippen molar-refractivity contribution in [3.8, 4) is 5.75 Å². The van der Waals surface area contributed by atoms with E-state index in [9.17, 15) is 13.8 Å². The zero-order chi connectivity index (χ0) is 40.4. The highest BCUT2D eigenvalue weighted by molar-refractivity contribution is 7.92.